The molecule has 4 rings (SSSR count). The van der Waals surface area contributed by atoms with E-state index in [1.54, 1.807) is 7.11 Å². The first-order valence-electron chi connectivity index (χ1n) is 10.8. The number of benzene rings is 3. The van der Waals surface area contributed by atoms with Crippen LogP contribution in [0.5, 0.6) is 5.75 Å². The molecule has 0 aromatic heterocycles. The molecule has 180 valence electrons. The van der Waals surface area contributed by atoms with Gasteiger partial charge < -0.3 is 4.74 Å². The molecule has 1 aliphatic rings. The number of nitrogens with one attached hydrogen (secondary N) is 1. The minimum Gasteiger partial charge on any atom is -0.497 e. The molecule has 0 unspecified atom stereocenters. The van der Waals surface area contributed by atoms with E-state index < -0.39 is 21.8 Å². The van der Waals surface area contributed by atoms with Gasteiger partial charge in [-0.3, -0.25) is 4.90 Å². The quantitative estimate of drug-likeness (QED) is 0.510. The number of rotatable bonds is 7. The second-order valence-electron chi connectivity index (χ2n) is 8.29. The molecule has 5 nitrogen and oxygen atoms in total. The predicted octanol–water partition coefficient (Wildman–Crippen LogP) is 4.93. The Hall–Kier alpha value is -2.88. The number of likely N-dealkylation sites (tertiary alicyclic amines) is 1. The van der Waals surface area contributed by atoms with Crippen molar-refractivity contribution in [2.24, 2.45) is 0 Å². The zero-order valence-electron chi connectivity index (χ0n) is 18.5. The monoisotopic (exact) mass is 490 g/mol. The number of ether oxygens (including phenoxy) is 1. The highest BCUT2D eigenvalue weighted by Crippen LogP contribution is 2.30. The highest BCUT2D eigenvalue weighted by molar-refractivity contribution is 7.89. The Bertz CT molecular complexity index is 1230. The number of nitrogens with zero attached hydrogens (tertiary/aromatic N) is 1. The Morgan fingerprint density at radius 1 is 1.00 bits per heavy atom. The molecule has 34 heavy (non-hydrogen) atoms. The fourth-order valence-electron chi connectivity index (χ4n) is 4.04. The van der Waals surface area contributed by atoms with Crippen molar-refractivity contribution in [3.8, 4) is 16.9 Å². The van der Waals surface area contributed by atoms with Crippen LogP contribution in [0.25, 0.3) is 11.1 Å². The van der Waals surface area contributed by atoms with Crippen LogP contribution in [0.4, 0.5) is 13.2 Å². The normalized spacial score (nSPS) is 17.1. The first-order chi connectivity index (χ1) is 16.1. The molecule has 9 heteroatoms. The van der Waals surface area contributed by atoms with Crippen LogP contribution in [0.1, 0.15) is 17.5 Å². The lowest BCUT2D eigenvalue weighted by Gasteiger charge is -2.17. The summed E-state index contributed by atoms with van der Waals surface area (Å²) in [5.74, 6) is 0.799. The topological polar surface area (TPSA) is 58.6 Å². The zero-order valence-corrected chi connectivity index (χ0v) is 19.4. The Morgan fingerprint density at radius 2 is 1.65 bits per heavy atom. The van der Waals surface area contributed by atoms with E-state index in [-0.39, 0.29) is 10.9 Å². The molecular weight excluding hydrogens is 465 g/mol. The van der Waals surface area contributed by atoms with Gasteiger partial charge in [-0.25, -0.2) is 13.1 Å². The summed E-state index contributed by atoms with van der Waals surface area (Å²) in [6.07, 6.45) is -4.01. The lowest BCUT2D eigenvalue weighted by atomic mass is 10.0. The van der Waals surface area contributed by atoms with Gasteiger partial charge in [0.1, 0.15) is 5.75 Å². The van der Waals surface area contributed by atoms with Crippen LogP contribution < -0.4 is 9.46 Å². The maximum atomic E-state index is 12.9. The van der Waals surface area contributed by atoms with Crippen LogP contribution in [-0.4, -0.2) is 39.6 Å². The fourth-order valence-corrected chi connectivity index (χ4v) is 5.35. The Labute approximate surface area is 197 Å². The first-order valence-corrected chi connectivity index (χ1v) is 12.3. The summed E-state index contributed by atoms with van der Waals surface area (Å²) in [4.78, 5) is 1.75. The molecule has 0 radical (unpaired) electrons. The van der Waals surface area contributed by atoms with Crippen LogP contribution in [-0.2, 0) is 22.7 Å². The molecule has 0 saturated carbocycles. The average Bonchev–Trinajstić information content (AvgIpc) is 3.25. The molecule has 1 heterocycles. The summed E-state index contributed by atoms with van der Waals surface area (Å²) in [6.45, 7) is 1.83. The van der Waals surface area contributed by atoms with Gasteiger partial charge in [0, 0.05) is 25.7 Å². The van der Waals surface area contributed by atoms with E-state index >= 15 is 0 Å². The van der Waals surface area contributed by atoms with Crippen LogP contribution in [0, 0.1) is 0 Å². The van der Waals surface area contributed by atoms with Gasteiger partial charge in [-0.05, 0) is 53.4 Å². The number of methoxy groups -OCH3 is 1. The van der Waals surface area contributed by atoms with Gasteiger partial charge in [-0.15, -0.1) is 0 Å². The van der Waals surface area contributed by atoms with Gasteiger partial charge in [0.05, 0.1) is 17.6 Å². The highest BCUT2D eigenvalue weighted by atomic mass is 32.2. The van der Waals surface area contributed by atoms with Crippen LogP contribution in [0.3, 0.4) is 0 Å². The van der Waals surface area contributed by atoms with Crippen molar-refractivity contribution in [2.45, 2.75) is 30.1 Å². The van der Waals surface area contributed by atoms with Crippen molar-refractivity contribution >= 4 is 10.0 Å². The molecule has 0 spiro atoms. The van der Waals surface area contributed by atoms with Gasteiger partial charge in [0.25, 0.3) is 0 Å². The molecule has 1 fully saturated rings. The van der Waals surface area contributed by atoms with Crippen molar-refractivity contribution in [1.82, 2.24) is 9.62 Å². The summed E-state index contributed by atoms with van der Waals surface area (Å²) in [6, 6.07) is 19.4. The van der Waals surface area contributed by atoms with Crippen molar-refractivity contribution < 1.29 is 26.3 Å². The highest BCUT2D eigenvalue weighted by Gasteiger charge is 2.33. The van der Waals surface area contributed by atoms with Crippen molar-refractivity contribution in [1.29, 1.82) is 0 Å². The summed E-state index contributed by atoms with van der Waals surface area (Å²) in [5, 5.41) is 0. The van der Waals surface area contributed by atoms with Crippen LogP contribution >= 0.6 is 0 Å². The van der Waals surface area contributed by atoms with Crippen LogP contribution in [0.15, 0.2) is 77.7 Å². The maximum Gasteiger partial charge on any atom is 0.416 e. The van der Waals surface area contributed by atoms with E-state index in [1.165, 1.54) is 6.07 Å². The molecule has 0 aliphatic carbocycles. The zero-order chi connectivity index (χ0) is 24.3. The third kappa shape index (κ3) is 5.78. The van der Waals surface area contributed by atoms with E-state index in [1.807, 2.05) is 48.5 Å². The number of halogens is 3. The third-order valence-corrected chi connectivity index (χ3v) is 7.37. The van der Waals surface area contributed by atoms with Gasteiger partial charge in [-0.1, -0.05) is 42.5 Å². The van der Waals surface area contributed by atoms with E-state index in [0.29, 0.717) is 32.1 Å². The van der Waals surface area contributed by atoms with Crippen molar-refractivity contribution in [3.05, 3.63) is 83.9 Å². The lowest BCUT2D eigenvalue weighted by molar-refractivity contribution is -0.137. The molecule has 3 aromatic rings. The first kappa shape index (κ1) is 24.3. The minimum atomic E-state index is -4.60. The number of hydrogen-bond donors (Lipinski definition) is 1. The van der Waals surface area contributed by atoms with Crippen molar-refractivity contribution in [2.75, 3.05) is 20.2 Å². The summed E-state index contributed by atoms with van der Waals surface area (Å²) in [7, 11) is -2.42. The second-order valence-corrected chi connectivity index (χ2v) is 10.0. The fraction of sp³-hybridized carbons (Fsp3) is 0.280. The summed E-state index contributed by atoms with van der Waals surface area (Å²) >= 11 is 0. The van der Waals surface area contributed by atoms with E-state index in [4.69, 9.17) is 4.74 Å². The predicted molar refractivity (Wildman–Crippen MR) is 124 cm³/mol. The van der Waals surface area contributed by atoms with Gasteiger partial charge in [-0.2, -0.15) is 13.2 Å². The minimum absolute atomic E-state index is 0.363. The SMILES string of the molecule is COc1ccc(-c2ccc(CN3CC[C@@H](NS(=O)(=O)c4cccc(C(F)(F)F)c4)C3)cc2)cc1. The Kier molecular flexibility index (Phi) is 6.97. The molecule has 1 aliphatic heterocycles. The molecular formula is C25H25F3N2O3S. The standard InChI is InChI=1S/C25H25F3N2O3S/c1-33-23-11-9-20(10-12-23)19-7-5-18(6-8-19)16-30-14-13-22(17-30)29-34(31,32)24-4-2-3-21(15-24)25(26,27)28/h2-12,15,22,29H,13-14,16-17H2,1H3/t22-/m1/s1. The molecule has 0 bridgehead atoms. The van der Waals surface area contributed by atoms with E-state index in [2.05, 4.69) is 9.62 Å². The number of alkyl halides is 3. The Morgan fingerprint density at radius 3 is 2.26 bits per heavy atom. The third-order valence-electron chi connectivity index (χ3n) is 5.85. The number of sulfonamides is 1. The second kappa shape index (κ2) is 9.77. The maximum absolute atomic E-state index is 12.9. The van der Waals surface area contributed by atoms with E-state index in [9.17, 15) is 21.6 Å². The van der Waals surface area contributed by atoms with Crippen molar-refractivity contribution in [3.63, 3.8) is 0 Å². The molecule has 1 saturated heterocycles. The van der Waals surface area contributed by atoms with E-state index in [0.717, 1.165) is 34.6 Å². The summed E-state index contributed by atoms with van der Waals surface area (Å²) in [5.41, 5.74) is 2.28. The van der Waals surface area contributed by atoms with Gasteiger partial charge in [0.2, 0.25) is 10.0 Å². The molecule has 1 atom stereocenters. The summed E-state index contributed by atoms with van der Waals surface area (Å²) < 4.78 is 71.9. The largest absolute Gasteiger partial charge is 0.497 e. The molecule has 0 amide bonds. The van der Waals surface area contributed by atoms with Gasteiger partial charge >= 0.3 is 6.18 Å². The Balaban J connectivity index is 1.35. The average molecular weight is 491 g/mol. The molecule has 3 aromatic carbocycles. The van der Waals surface area contributed by atoms with Crippen LogP contribution in [0.2, 0.25) is 0 Å². The molecule has 1 N–H and O–H groups in total. The smallest absolute Gasteiger partial charge is 0.416 e. The van der Waals surface area contributed by atoms with Gasteiger partial charge in [0.15, 0.2) is 0 Å². The number of hydrogen-bond acceptors (Lipinski definition) is 4. The lowest BCUT2D eigenvalue weighted by Crippen LogP contribution is -2.37.